The van der Waals surface area contributed by atoms with E-state index in [4.69, 9.17) is 14.5 Å². The summed E-state index contributed by atoms with van der Waals surface area (Å²) in [5.74, 6) is 2.80. The average Bonchev–Trinajstić information content (AvgIpc) is 3.84. The molecule has 1 aromatic heterocycles. The van der Waals surface area contributed by atoms with Crippen molar-refractivity contribution in [2.75, 3.05) is 89.6 Å². The summed E-state index contributed by atoms with van der Waals surface area (Å²) in [7, 11) is 3.70. The molecule has 9 rings (SSSR count). The number of nitrogens with one attached hydrogen (secondary N) is 1. The van der Waals surface area contributed by atoms with Crippen molar-refractivity contribution in [3.63, 3.8) is 0 Å². The van der Waals surface area contributed by atoms with Crippen molar-refractivity contribution >= 4 is 35.1 Å². The number of nitrogens with zero attached hydrogens (tertiary/aromatic N) is 9. The second-order valence-corrected chi connectivity index (χ2v) is 17.4. The highest BCUT2D eigenvalue weighted by Gasteiger charge is 2.50. The largest absolute Gasteiger partial charge is 0.495 e. The summed E-state index contributed by atoms with van der Waals surface area (Å²) in [5, 5.41) is 10.5. The molecule has 7 aliphatic rings. The molecule has 0 bridgehead atoms. The van der Waals surface area contributed by atoms with Crippen LogP contribution in [0.4, 0.5) is 25.0 Å². The number of likely N-dealkylation sites (tertiary alicyclic amines) is 2. The zero-order valence-corrected chi connectivity index (χ0v) is 33.9. The molecule has 1 N–H and O–H groups in total. The van der Waals surface area contributed by atoms with Crippen molar-refractivity contribution < 1.29 is 32.6 Å². The lowest BCUT2D eigenvalue weighted by molar-refractivity contribution is -0.170. The topological polar surface area (TPSA) is 131 Å². The summed E-state index contributed by atoms with van der Waals surface area (Å²) in [6.07, 6.45) is 12.0. The molecule has 316 valence electrons. The van der Waals surface area contributed by atoms with Crippen molar-refractivity contribution in [3.05, 3.63) is 59.8 Å². The fourth-order valence-corrected chi connectivity index (χ4v) is 9.81. The maximum Gasteiger partial charge on any atom is 0.328 e. The van der Waals surface area contributed by atoms with Gasteiger partial charge in [-0.25, -0.2) is 23.6 Å². The first kappa shape index (κ1) is 39.4. The van der Waals surface area contributed by atoms with Crippen LogP contribution in [-0.2, 0) is 9.53 Å². The van der Waals surface area contributed by atoms with Gasteiger partial charge in [-0.05, 0) is 101 Å². The Bertz CT molecular complexity index is 2030. The minimum atomic E-state index is -2.69. The number of amides is 4. The van der Waals surface area contributed by atoms with Crippen LogP contribution >= 0.6 is 0 Å². The quantitative estimate of drug-likeness (QED) is 0.330. The molecular weight excluding hydrogens is 763 g/mol. The van der Waals surface area contributed by atoms with E-state index in [0.29, 0.717) is 54.2 Å². The van der Waals surface area contributed by atoms with Crippen LogP contribution in [0.25, 0.3) is 0 Å². The van der Waals surface area contributed by atoms with Gasteiger partial charge in [0.25, 0.3) is 12.3 Å². The molecule has 15 nitrogen and oxygen atoms in total. The fourth-order valence-electron chi connectivity index (χ4n) is 9.81. The average molecular weight is 817 g/mol. The number of anilines is 2. The first-order valence-electron chi connectivity index (χ1n) is 21.1. The highest BCUT2D eigenvalue weighted by atomic mass is 19.3. The van der Waals surface area contributed by atoms with Crippen molar-refractivity contribution in [3.8, 4) is 5.75 Å². The van der Waals surface area contributed by atoms with Gasteiger partial charge in [0.15, 0.2) is 11.5 Å². The van der Waals surface area contributed by atoms with Gasteiger partial charge in [0.1, 0.15) is 17.3 Å². The number of hydrogen-bond donors (Lipinski definition) is 1. The Hall–Kier alpha value is -5.03. The van der Waals surface area contributed by atoms with E-state index >= 15 is 0 Å². The van der Waals surface area contributed by atoms with Gasteiger partial charge < -0.3 is 24.2 Å². The Morgan fingerprint density at radius 1 is 1.05 bits per heavy atom. The number of halogens is 2. The van der Waals surface area contributed by atoms with Crippen LogP contribution in [0.1, 0.15) is 79.9 Å². The lowest BCUT2D eigenvalue weighted by Crippen LogP contribution is -2.67. The zero-order chi connectivity index (χ0) is 40.8. The molecule has 5 fully saturated rings. The molecule has 1 saturated carbocycles. The molecule has 0 radical (unpaired) electrons. The van der Waals surface area contributed by atoms with E-state index in [-0.39, 0.29) is 41.9 Å². The van der Waals surface area contributed by atoms with Gasteiger partial charge in [0.05, 0.1) is 50.2 Å². The number of hydrogen-bond acceptors (Lipinski definition) is 11. The summed E-state index contributed by atoms with van der Waals surface area (Å²) < 4.78 is 41.5. The number of ether oxygens (including phenoxy) is 2. The van der Waals surface area contributed by atoms with Gasteiger partial charge in [0, 0.05) is 57.5 Å². The number of rotatable bonds is 11. The first-order chi connectivity index (χ1) is 28.6. The molecule has 1 aliphatic carbocycles. The first-order valence-corrected chi connectivity index (χ1v) is 21.1. The molecule has 0 unspecified atom stereocenters. The smallest absolute Gasteiger partial charge is 0.328 e. The Labute approximate surface area is 343 Å². The third-order valence-electron chi connectivity index (χ3n) is 13.3. The van der Waals surface area contributed by atoms with Crippen LogP contribution in [0.15, 0.2) is 53.6 Å². The summed E-state index contributed by atoms with van der Waals surface area (Å²) in [4.78, 5) is 50.6. The predicted octanol–water partition coefficient (Wildman–Crippen LogP) is 5.02. The molecule has 1 spiro atoms. The Morgan fingerprint density at radius 2 is 1.83 bits per heavy atom. The van der Waals surface area contributed by atoms with Gasteiger partial charge >= 0.3 is 6.03 Å². The predicted molar refractivity (Wildman–Crippen MR) is 216 cm³/mol. The highest BCUT2D eigenvalue weighted by Crippen LogP contribution is 2.41. The number of piperidine rings is 1. The number of fused-ring (bicyclic) bond motifs is 1. The molecule has 4 amide bonds. The molecule has 2 aromatic rings. The fraction of sp³-hybridized carbons (Fsp3) is 0.595. The molecule has 1 aromatic carbocycles. The molecule has 0 atom stereocenters. The molecule has 4 saturated heterocycles. The van der Waals surface area contributed by atoms with E-state index < -0.39 is 12.5 Å². The third-order valence-corrected chi connectivity index (χ3v) is 13.3. The lowest BCUT2D eigenvalue weighted by Gasteiger charge is -2.56. The Balaban J connectivity index is 0.720. The van der Waals surface area contributed by atoms with Crippen LogP contribution in [0, 0.1) is 17.3 Å². The van der Waals surface area contributed by atoms with E-state index in [1.165, 1.54) is 12.0 Å². The van der Waals surface area contributed by atoms with Crippen LogP contribution in [0.3, 0.4) is 0 Å². The monoisotopic (exact) mass is 816 g/mol. The van der Waals surface area contributed by atoms with Crippen LogP contribution in [0.2, 0.25) is 0 Å². The molecule has 59 heavy (non-hydrogen) atoms. The molecular formula is C42H54F2N10O5. The SMILES string of the molecule is COc1ccc(C(=O)N2CCC(CCN(C)CC3CCC(n4cc(N5CC=C6N=C(N7CC8(COC8)C7)C=CN65)c(C(F)F)n4)CC3)CC2)cc1N1CCC(=O)NC1=O. The van der Waals surface area contributed by atoms with E-state index in [1.807, 2.05) is 39.5 Å². The lowest BCUT2D eigenvalue weighted by atomic mass is 9.78. The Morgan fingerprint density at radius 3 is 2.53 bits per heavy atom. The number of benzene rings is 1. The third kappa shape index (κ3) is 7.90. The van der Waals surface area contributed by atoms with Crippen LogP contribution in [0.5, 0.6) is 5.75 Å². The number of amidine groups is 1. The summed E-state index contributed by atoms with van der Waals surface area (Å²) in [5.41, 5.74) is 1.48. The van der Waals surface area contributed by atoms with E-state index in [1.54, 1.807) is 22.9 Å². The number of methoxy groups -OCH3 is 1. The minimum absolute atomic E-state index is 0.0735. The number of carbonyl (C=O) groups excluding carboxylic acids is 3. The van der Waals surface area contributed by atoms with Crippen molar-refractivity contribution in [2.45, 2.75) is 63.8 Å². The van der Waals surface area contributed by atoms with Crippen molar-refractivity contribution in [1.82, 2.24) is 34.8 Å². The highest BCUT2D eigenvalue weighted by molar-refractivity contribution is 6.07. The Kier molecular flexibility index (Phi) is 10.8. The second-order valence-electron chi connectivity index (χ2n) is 17.4. The number of alkyl halides is 2. The molecule has 6 aliphatic heterocycles. The van der Waals surface area contributed by atoms with Crippen molar-refractivity contribution in [1.29, 1.82) is 0 Å². The second kappa shape index (κ2) is 16.2. The minimum Gasteiger partial charge on any atom is -0.495 e. The maximum atomic E-state index is 14.4. The van der Waals surface area contributed by atoms with Crippen molar-refractivity contribution in [2.24, 2.45) is 22.2 Å². The van der Waals surface area contributed by atoms with Crippen LogP contribution < -0.4 is 20.0 Å². The summed E-state index contributed by atoms with van der Waals surface area (Å²) >= 11 is 0. The summed E-state index contributed by atoms with van der Waals surface area (Å²) in [6.45, 7) is 7.49. The maximum absolute atomic E-state index is 14.4. The van der Waals surface area contributed by atoms with Gasteiger partial charge in [-0.3, -0.25) is 29.5 Å². The number of urea groups is 1. The summed E-state index contributed by atoms with van der Waals surface area (Å²) in [6, 6.07) is 4.68. The van der Waals surface area contributed by atoms with E-state index in [0.717, 1.165) is 96.0 Å². The van der Waals surface area contributed by atoms with Gasteiger partial charge in [-0.1, -0.05) is 0 Å². The number of hydrazine groups is 1. The zero-order valence-electron chi connectivity index (χ0n) is 33.9. The van der Waals surface area contributed by atoms with Gasteiger partial charge in [-0.2, -0.15) is 5.10 Å². The number of imide groups is 1. The molecule has 7 heterocycles. The van der Waals surface area contributed by atoms with Crippen LogP contribution in [-0.4, -0.2) is 133 Å². The van der Waals surface area contributed by atoms with E-state index in [2.05, 4.69) is 27.3 Å². The standard InChI is InChI=1S/C42H54F2N10O5/c1-48(15-9-28-10-16-49(17-11-28)40(56)30-5-8-34(58-2)32(21-30)51-18-14-37(55)46-41(51)57)22-29-3-6-31(7-4-29)52-23-33(38(47-52)39(43)44)53-19-13-36-45-35(12-20-54(36)53)50-24-42(25-50)26-59-27-42/h5,8,12-13,20-21,23,28-29,31,39H,3-4,6-7,9-11,14-19,22,24-27H2,1-2H3,(H,46,55,57). The normalized spacial score (nSPS) is 24.3. The number of aromatic nitrogens is 2. The van der Waals surface area contributed by atoms with Gasteiger partial charge in [0.2, 0.25) is 5.91 Å². The number of carbonyl (C=O) groups is 3. The molecule has 17 heteroatoms. The van der Waals surface area contributed by atoms with Gasteiger partial charge in [-0.15, -0.1) is 0 Å². The van der Waals surface area contributed by atoms with E-state index in [9.17, 15) is 23.2 Å². The number of aliphatic imine (C=N–C) groups is 1.